The van der Waals surface area contributed by atoms with Gasteiger partial charge in [0.05, 0.1) is 17.7 Å². The maximum absolute atomic E-state index is 11.1. The van der Waals surface area contributed by atoms with Crippen LogP contribution in [0.25, 0.3) is 11.1 Å². The van der Waals surface area contributed by atoms with Crippen LogP contribution in [-0.2, 0) is 0 Å². The number of methoxy groups -OCH3 is 1. The second kappa shape index (κ2) is 5.51. The number of halogens is 2. The molecule has 19 heavy (non-hydrogen) atoms. The third-order valence-electron chi connectivity index (χ3n) is 2.68. The summed E-state index contributed by atoms with van der Waals surface area (Å²) < 4.78 is 5.13. The third-order valence-corrected chi connectivity index (χ3v) is 3.34. The van der Waals surface area contributed by atoms with E-state index in [1.807, 2.05) is 0 Å². The standard InChI is InChI=1S/C14H10Cl2O3/c1-19-9-3-5-12(15)10(7-9)8-2-4-13(16)11(6-8)14(17)18/h2-7H,1H3,(H,17,18). The van der Waals surface area contributed by atoms with E-state index in [4.69, 9.17) is 33.0 Å². The zero-order chi connectivity index (χ0) is 14.0. The van der Waals surface area contributed by atoms with E-state index in [1.165, 1.54) is 12.1 Å². The topological polar surface area (TPSA) is 46.5 Å². The maximum Gasteiger partial charge on any atom is 0.337 e. The summed E-state index contributed by atoms with van der Waals surface area (Å²) in [6.45, 7) is 0. The van der Waals surface area contributed by atoms with Crippen LogP contribution in [0.3, 0.4) is 0 Å². The lowest BCUT2D eigenvalue weighted by Crippen LogP contribution is -1.97. The number of carboxylic acids is 1. The van der Waals surface area contributed by atoms with Gasteiger partial charge in [0.15, 0.2) is 0 Å². The van der Waals surface area contributed by atoms with Crippen LogP contribution in [0, 0.1) is 0 Å². The van der Waals surface area contributed by atoms with Gasteiger partial charge in [-0.3, -0.25) is 0 Å². The molecule has 0 atom stereocenters. The van der Waals surface area contributed by atoms with Crippen molar-refractivity contribution in [2.45, 2.75) is 0 Å². The van der Waals surface area contributed by atoms with Crippen LogP contribution >= 0.6 is 23.2 Å². The number of carbonyl (C=O) groups is 1. The van der Waals surface area contributed by atoms with Crippen LogP contribution < -0.4 is 4.74 Å². The number of hydrogen-bond donors (Lipinski definition) is 1. The summed E-state index contributed by atoms with van der Waals surface area (Å²) in [5.74, 6) is -0.433. The molecule has 2 aromatic rings. The van der Waals surface area contributed by atoms with E-state index in [1.54, 1.807) is 31.4 Å². The Bertz CT molecular complexity index is 639. The van der Waals surface area contributed by atoms with Crippen molar-refractivity contribution < 1.29 is 14.6 Å². The fourth-order valence-electron chi connectivity index (χ4n) is 1.71. The highest BCUT2D eigenvalue weighted by Gasteiger charge is 2.12. The van der Waals surface area contributed by atoms with E-state index < -0.39 is 5.97 Å². The molecule has 0 radical (unpaired) electrons. The Morgan fingerprint density at radius 3 is 2.42 bits per heavy atom. The number of hydrogen-bond acceptors (Lipinski definition) is 2. The van der Waals surface area contributed by atoms with Gasteiger partial charge >= 0.3 is 5.97 Å². The molecule has 0 aromatic heterocycles. The van der Waals surface area contributed by atoms with E-state index in [-0.39, 0.29) is 10.6 Å². The zero-order valence-electron chi connectivity index (χ0n) is 9.98. The Morgan fingerprint density at radius 1 is 1.11 bits per heavy atom. The van der Waals surface area contributed by atoms with E-state index in [9.17, 15) is 4.79 Å². The monoisotopic (exact) mass is 296 g/mol. The minimum Gasteiger partial charge on any atom is -0.497 e. The minimum absolute atomic E-state index is 0.0399. The second-order valence-electron chi connectivity index (χ2n) is 3.85. The molecule has 1 N–H and O–H groups in total. The van der Waals surface area contributed by atoms with Crippen LogP contribution in [0.1, 0.15) is 10.4 Å². The smallest absolute Gasteiger partial charge is 0.337 e. The van der Waals surface area contributed by atoms with Gasteiger partial charge in [-0.2, -0.15) is 0 Å². The summed E-state index contributed by atoms with van der Waals surface area (Å²) in [7, 11) is 1.55. The summed E-state index contributed by atoms with van der Waals surface area (Å²) in [5, 5.41) is 9.77. The van der Waals surface area contributed by atoms with E-state index in [0.717, 1.165) is 0 Å². The fourth-order valence-corrected chi connectivity index (χ4v) is 2.13. The van der Waals surface area contributed by atoms with Crippen molar-refractivity contribution in [3.8, 4) is 16.9 Å². The Balaban J connectivity index is 2.59. The lowest BCUT2D eigenvalue weighted by atomic mass is 10.0. The van der Waals surface area contributed by atoms with Crippen LogP contribution in [0.2, 0.25) is 10.0 Å². The number of carboxylic acid groups (broad SMARTS) is 1. The number of aromatic carboxylic acids is 1. The van der Waals surface area contributed by atoms with Gasteiger partial charge in [0.25, 0.3) is 0 Å². The minimum atomic E-state index is -1.08. The van der Waals surface area contributed by atoms with Crippen molar-refractivity contribution in [3.05, 3.63) is 52.0 Å². The van der Waals surface area contributed by atoms with Crippen LogP contribution in [0.4, 0.5) is 0 Å². The molecule has 2 rings (SSSR count). The molecule has 3 nitrogen and oxygen atoms in total. The van der Waals surface area contributed by atoms with Crippen molar-refractivity contribution >= 4 is 29.2 Å². The van der Waals surface area contributed by atoms with Gasteiger partial charge in [-0.25, -0.2) is 4.79 Å². The number of rotatable bonds is 3. The molecule has 0 fully saturated rings. The summed E-state index contributed by atoms with van der Waals surface area (Å²) >= 11 is 12.0. The SMILES string of the molecule is COc1ccc(Cl)c(-c2ccc(Cl)c(C(=O)O)c2)c1. The van der Waals surface area contributed by atoms with Crippen LogP contribution in [0.15, 0.2) is 36.4 Å². The first-order valence-electron chi connectivity index (χ1n) is 5.39. The van der Waals surface area contributed by atoms with Gasteiger partial charge in [0.1, 0.15) is 5.75 Å². The van der Waals surface area contributed by atoms with Crippen molar-refractivity contribution in [1.29, 1.82) is 0 Å². The lowest BCUT2D eigenvalue weighted by molar-refractivity contribution is 0.0697. The molecule has 0 bridgehead atoms. The molecule has 0 spiro atoms. The highest BCUT2D eigenvalue weighted by atomic mass is 35.5. The molecule has 0 unspecified atom stereocenters. The largest absolute Gasteiger partial charge is 0.497 e. The average molecular weight is 297 g/mol. The zero-order valence-corrected chi connectivity index (χ0v) is 11.5. The van der Waals surface area contributed by atoms with Crippen molar-refractivity contribution in [1.82, 2.24) is 0 Å². The number of benzene rings is 2. The van der Waals surface area contributed by atoms with Crippen molar-refractivity contribution in [2.24, 2.45) is 0 Å². The highest BCUT2D eigenvalue weighted by molar-refractivity contribution is 6.34. The molecule has 0 aliphatic carbocycles. The summed E-state index contributed by atoms with van der Waals surface area (Å²) in [6.07, 6.45) is 0. The lowest BCUT2D eigenvalue weighted by Gasteiger charge is -2.09. The Labute approximate surface area is 120 Å². The van der Waals surface area contributed by atoms with E-state index in [2.05, 4.69) is 0 Å². The van der Waals surface area contributed by atoms with Gasteiger partial charge in [0, 0.05) is 10.6 Å². The molecular weight excluding hydrogens is 287 g/mol. The predicted octanol–water partition coefficient (Wildman–Crippen LogP) is 4.37. The molecule has 0 heterocycles. The molecule has 0 aliphatic rings. The maximum atomic E-state index is 11.1. The van der Waals surface area contributed by atoms with Crippen molar-refractivity contribution in [2.75, 3.05) is 7.11 Å². The molecule has 98 valence electrons. The molecular formula is C14H10Cl2O3. The van der Waals surface area contributed by atoms with Gasteiger partial charge in [-0.1, -0.05) is 29.3 Å². The van der Waals surface area contributed by atoms with Crippen LogP contribution in [0.5, 0.6) is 5.75 Å². The molecule has 0 saturated carbocycles. The third kappa shape index (κ3) is 2.83. The average Bonchev–Trinajstić information content (AvgIpc) is 2.40. The molecule has 2 aromatic carbocycles. The summed E-state index contributed by atoms with van der Waals surface area (Å²) in [6, 6.07) is 9.93. The molecule has 5 heteroatoms. The Kier molecular flexibility index (Phi) is 3.98. The Hall–Kier alpha value is -1.71. The van der Waals surface area contributed by atoms with E-state index >= 15 is 0 Å². The first-order valence-corrected chi connectivity index (χ1v) is 6.15. The highest BCUT2D eigenvalue weighted by Crippen LogP contribution is 2.33. The van der Waals surface area contributed by atoms with Crippen LogP contribution in [-0.4, -0.2) is 18.2 Å². The van der Waals surface area contributed by atoms with Gasteiger partial charge < -0.3 is 9.84 Å². The summed E-state index contributed by atoms with van der Waals surface area (Å²) in [4.78, 5) is 11.1. The second-order valence-corrected chi connectivity index (χ2v) is 4.66. The summed E-state index contributed by atoms with van der Waals surface area (Å²) in [5.41, 5.74) is 1.41. The first-order chi connectivity index (χ1) is 9.02. The van der Waals surface area contributed by atoms with E-state index in [0.29, 0.717) is 21.9 Å². The van der Waals surface area contributed by atoms with Gasteiger partial charge in [-0.15, -0.1) is 0 Å². The van der Waals surface area contributed by atoms with Crippen molar-refractivity contribution in [3.63, 3.8) is 0 Å². The van der Waals surface area contributed by atoms with Gasteiger partial charge in [-0.05, 0) is 35.9 Å². The molecule has 0 amide bonds. The normalized spacial score (nSPS) is 10.3. The fraction of sp³-hybridized carbons (Fsp3) is 0.0714. The quantitative estimate of drug-likeness (QED) is 0.915. The van der Waals surface area contributed by atoms with Gasteiger partial charge in [0.2, 0.25) is 0 Å². The molecule has 0 saturated heterocycles. The Morgan fingerprint density at radius 2 is 1.79 bits per heavy atom. The predicted molar refractivity (Wildman–Crippen MR) is 75.4 cm³/mol. The molecule has 0 aliphatic heterocycles. The number of ether oxygens (including phenoxy) is 1. The first kappa shape index (κ1) is 13.7.